The third-order valence-electron chi connectivity index (χ3n) is 5.61. The van der Waals surface area contributed by atoms with Crippen LogP contribution in [0.5, 0.6) is 11.5 Å². The molecule has 0 spiro atoms. The van der Waals surface area contributed by atoms with Gasteiger partial charge in [0, 0.05) is 43.1 Å². The van der Waals surface area contributed by atoms with Crippen LogP contribution >= 0.6 is 0 Å². The summed E-state index contributed by atoms with van der Waals surface area (Å²) in [5, 5.41) is 5.12. The highest BCUT2D eigenvalue weighted by molar-refractivity contribution is 6.00. The van der Waals surface area contributed by atoms with Gasteiger partial charge in [-0.1, -0.05) is 12.1 Å². The predicted octanol–water partition coefficient (Wildman–Crippen LogP) is 5.52. The van der Waals surface area contributed by atoms with Crippen LogP contribution in [0.25, 0.3) is 11.4 Å². The van der Waals surface area contributed by atoms with Crippen molar-refractivity contribution in [2.45, 2.75) is 26.2 Å². The number of hydrogen-bond donors (Lipinski definition) is 4. The zero-order valence-corrected chi connectivity index (χ0v) is 21.9. The fourth-order valence-electron chi connectivity index (χ4n) is 3.64. The molecule has 0 atom stereocenters. The molecule has 4 N–H and O–H groups in total. The second kappa shape index (κ2) is 13.5. The summed E-state index contributed by atoms with van der Waals surface area (Å²) < 4.78 is 20.5. The maximum atomic E-state index is 14.7. The van der Waals surface area contributed by atoms with E-state index in [0.717, 1.165) is 11.6 Å². The first kappa shape index (κ1) is 28.5. The lowest BCUT2D eigenvalue weighted by Gasteiger charge is -2.11. The summed E-state index contributed by atoms with van der Waals surface area (Å²) in [6, 6.07) is 15.3. The van der Waals surface area contributed by atoms with Gasteiger partial charge in [-0.2, -0.15) is 5.48 Å². The molecule has 2 heterocycles. The van der Waals surface area contributed by atoms with E-state index in [0.29, 0.717) is 35.5 Å². The van der Waals surface area contributed by atoms with E-state index in [9.17, 15) is 23.6 Å². The number of hydroxylamine groups is 1. The van der Waals surface area contributed by atoms with Crippen LogP contribution in [0.1, 0.15) is 35.2 Å². The quantitative estimate of drug-likeness (QED) is 0.113. The second-order valence-corrected chi connectivity index (χ2v) is 8.84. The van der Waals surface area contributed by atoms with Crippen LogP contribution < -0.4 is 20.9 Å². The molecule has 0 aliphatic carbocycles. The molecule has 2 aromatic heterocycles. The second-order valence-electron chi connectivity index (χ2n) is 8.84. The van der Waals surface area contributed by atoms with Crippen LogP contribution in [0.3, 0.4) is 0 Å². The smallest absolute Gasteiger partial charge is 0.332 e. The van der Waals surface area contributed by atoms with Crippen molar-refractivity contribution in [3.63, 3.8) is 0 Å². The summed E-state index contributed by atoms with van der Waals surface area (Å²) in [5.74, 6) is -1.47. The van der Waals surface area contributed by atoms with Crippen molar-refractivity contribution < 1.29 is 33.1 Å². The Balaban J connectivity index is 1.35. The third-order valence-corrected chi connectivity index (χ3v) is 5.61. The number of aldehydes is 1. The minimum absolute atomic E-state index is 0.000585. The fourth-order valence-corrected chi connectivity index (χ4v) is 3.64. The number of carbonyl (C=O) groups is 4. The van der Waals surface area contributed by atoms with Crippen molar-refractivity contribution in [3.05, 3.63) is 90.0 Å². The van der Waals surface area contributed by atoms with Crippen molar-refractivity contribution in [2.75, 3.05) is 10.6 Å². The molecule has 2 aromatic carbocycles. The molecule has 0 saturated heterocycles. The number of nitrogens with one attached hydrogen (secondary N) is 4. The first-order valence-corrected chi connectivity index (χ1v) is 12.5. The Kier molecular flexibility index (Phi) is 9.39. The Labute approximate surface area is 234 Å². The zero-order valence-electron chi connectivity index (χ0n) is 21.9. The number of aromatic amines is 1. The summed E-state index contributed by atoms with van der Waals surface area (Å²) in [6.07, 6.45) is 4.15. The van der Waals surface area contributed by atoms with E-state index in [1.807, 2.05) is 13.0 Å². The number of ether oxygens (including phenoxy) is 1. The number of urea groups is 1. The molecule has 0 bridgehead atoms. The summed E-state index contributed by atoms with van der Waals surface area (Å²) >= 11 is 0. The van der Waals surface area contributed by atoms with Gasteiger partial charge < -0.3 is 30.0 Å². The highest BCUT2D eigenvalue weighted by Gasteiger charge is 2.14. The van der Waals surface area contributed by atoms with Crippen LogP contribution in [0.2, 0.25) is 0 Å². The van der Waals surface area contributed by atoms with Gasteiger partial charge in [0.2, 0.25) is 0 Å². The number of rotatable bonds is 10. The molecule has 0 aliphatic rings. The molecule has 0 unspecified atom stereocenters. The maximum absolute atomic E-state index is 14.7. The van der Waals surface area contributed by atoms with Crippen LogP contribution in [0.15, 0.2) is 73.1 Å². The Bertz CT molecular complexity index is 1570. The largest absolute Gasteiger partial charge is 0.457 e. The average Bonchev–Trinajstić information content (AvgIpc) is 3.44. The summed E-state index contributed by atoms with van der Waals surface area (Å²) in [5.41, 5.74) is 4.68. The van der Waals surface area contributed by atoms with Crippen LogP contribution in [-0.2, 0) is 14.4 Å². The van der Waals surface area contributed by atoms with Gasteiger partial charge in [-0.05, 0) is 55.3 Å². The normalized spacial score (nSPS) is 10.4. The number of amides is 3. The zero-order chi connectivity index (χ0) is 29.2. The lowest BCUT2D eigenvalue weighted by atomic mass is 10.2. The van der Waals surface area contributed by atoms with E-state index >= 15 is 0 Å². The molecule has 210 valence electrons. The van der Waals surface area contributed by atoms with E-state index in [1.165, 1.54) is 30.6 Å². The van der Waals surface area contributed by atoms with Gasteiger partial charge in [0.15, 0.2) is 0 Å². The van der Waals surface area contributed by atoms with E-state index in [4.69, 9.17) is 9.57 Å². The number of hydrogen-bond acceptors (Lipinski definition) is 7. The minimum Gasteiger partial charge on any atom is -0.457 e. The van der Waals surface area contributed by atoms with Crippen molar-refractivity contribution in [1.82, 2.24) is 15.4 Å². The predicted molar refractivity (Wildman–Crippen MR) is 148 cm³/mol. The third kappa shape index (κ3) is 8.23. The number of aryl methyl sites for hydroxylation is 1. The van der Waals surface area contributed by atoms with Crippen LogP contribution in [-0.4, -0.2) is 34.2 Å². The van der Waals surface area contributed by atoms with Crippen molar-refractivity contribution in [2.24, 2.45) is 0 Å². The number of benzene rings is 2. The first-order chi connectivity index (χ1) is 19.8. The highest BCUT2D eigenvalue weighted by atomic mass is 19.1. The molecule has 4 rings (SSSR count). The lowest BCUT2D eigenvalue weighted by molar-refractivity contribution is -0.149. The van der Waals surface area contributed by atoms with Crippen molar-refractivity contribution >= 4 is 35.6 Å². The standard InChI is InChI=1S/C29H26FN5O6/c1-18-5-4-6-20(13-18)33-29(39)34-24-9-8-21(15-23(24)30)40-22-10-11-31-26(16-22)25-14-19(17-32-25)28(38)35-41-27(37)7-2-3-12-36/h4-6,8-17,32H,2-3,7H2,1H3,(H,35,38)(H2,33,34,39). The van der Waals surface area contributed by atoms with Gasteiger partial charge in [0.1, 0.15) is 23.6 Å². The van der Waals surface area contributed by atoms with Crippen molar-refractivity contribution in [3.8, 4) is 22.9 Å². The summed E-state index contributed by atoms with van der Waals surface area (Å²) in [4.78, 5) is 58.4. The summed E-state index contributed by atoms with van der Waals surface area (Å²) in [7, 11) is 0. The van der Waals surface area contributed by atoms with Gasteiger partial charge in [-0.25, -0.2) is 14.0 Å². The first-order valence-electron chi connectivity index (χ1n) is 12.5. The number of H-pyrrole nitrogens is 1. The molecule has 3 amide bonds. The van der Waals surface area contributed by atoms with Crippen LogP contribution in [0, 0.1) is 12.7 Å². The SMILES string of the molecule is Cc1cccc(NC(=O)Nc2ccc(Oc3ccnc(-c4cc(C(=O)NOC(=O)CCCC=O)c[nH]4)c3)cc2F)c1. The monoisotopic (exact) mass is 559 g/mol. The Morgan fingerprint density at radius 2 is 1.85 bits per heavy atom. The number of nitrogens with zero attached hydrogens (tertiary/aromatic N) is 1. The van der Waals surface area contributed by atoms with Gasteiger partial charge in [0.25, 0.3) is 5.91 Å². The number of aromatic nitrogens is 2. The molecule has 12 heteroatoms. The average molecular weight is 560 g/mol. The molecule has 41 heavy (non-hydrogen) atoms. The molecular weight excluding hydrogens is 533 g/mol. The maximum Gasteiger partial charge on any atom is 0.332 e. The molecular formula is C29H26FN5O6. The number of anilines is 2. The number of pyridine rings is 1. The minimum atomic E-state index is -0.694. The van der Waals surface area contributed by atoms with Gasteiger partial charge in [-0.3, -0.25) is 9.78 Å². The van der Waals surface area contributed by atoms with E-state index < -0.39 is 23.7 Å². The molecule has 4 aromatic rings. The van der Waals surface area contributed by atoms with Crippen LogP contribution in [0.4, 0.5) is 20.6 Å². The lowest BCUT2D eigenvalue weighted by Crippen LogP contribution is -2.26. The molecule has 0 saturated carbocycles. The Morgan fingerprint density at radius 3 is 2.63 bits per heavy atom. The van der Waals surface area contributed by atoms with Gasteiger partial charge in [-0.15, -0.1) is 0 Å². The van der Waals surface area contributed by atoms with E-state index in [2.05, 4.69) is 26.1 Å². The van der Waals surface area contributed by atoms with Gasteiger partial charge >= 0.3 is 12.0 Å². The molecule has 0 radical (unpaired) electrons. The van der Waals surface area contributed by atoms with Gasteiger partial charge in [0.05, 0.1) is 22.6 Å². The highest BCUT2D eigenvalue weighted by Crippen LogP contribution is 2.28. The molecule has 0 fully saturated rings. The van der Waals surface area contributed by atoms with E-state index in [1.54, 1.807) is 30.3 Å². The summed E-state index contributed by atoms with van der Waals surface area (Å²) in [6.45, 7) is 1.89. The Hall–Kier alpha value is -5.52. The number of halogens is 1. The molecule has 0 aliphatic heterocycles. The van der Waals surface area contributed by atoms with E-state index in [-0.39, 0.29) is 29.8 Å². The fraction of sp³-hybridized carbons (Fsp3) is 0.138. The Morgan fingerprint density at radius 1 is 1.02 bits per heavy atom. The molecule has 11 nitrogen and oxygen atoms in total. The number of unbranched alkanes of at least 4 members (excludes halogenated alkanes) is 1. The number of carbonyl (C=O) groups excluding carboxylic acids is 4. The topological polar surface area (TPSA) is 152 Å². The van der Waals surface area contributed by atoms with Crippen molar-refractivity contribution in [1.29, 1.82) is 0 Å².